The van der Waals surface area contributed by atoms with E-state index in [4.69, 9.17) is 14.9 Å². The van der Waals surface area contributed by atoms with Crippen LogP contribution in [0, 0.1) is 5.82 Å². The average Bonchev–Trinajstić information content (AvgIpc) is 3.28. The number of rotatable bonds is 9. The number of para-hydroxylation sites is 1. The molecule has 0 aliphatic carbocycles. The molecule has 5 aromatic rings. The number of aromatic nitrogens is 5. The van der Waals surface area contributed by atoms with Gasteiger partial charge in [0.15, 0.2) is 17.4 Å². The predicted octanol–water partition coefficient (Wildman–Crippen LogP) is 3.97. The van der Waals surface area contributed by atoms with Crippen molar-refractivity contribution >= 4 is 34.8 Å². The van der Waals surface area contributed by atoms with Crippen molar-refractivity contribution in [2.45, 2.75) is 12.6 Å². The van der Waals surface area contributed by atoms with Gasteiger partial charge in [0, 0.05) is 29.0 Å². The Morgan fingerprint density at radius 3 is 2.57 bits per heavy atom. The molecule has 3 heterocycles. The van der Waals surface area contributed by atoms with Gasteiger partial charge in [0.1, 0.15) is 24.2 Å². The molecule has 5 rings (SSSR count). The van der Waals surface area contributed by atoms with Crippen LogP contribution < -0.4 is 10.1 Å². The van der Waals surface area contributed by atoms with Crippen LogP contribution in [0.2, 0.25) is 0 Å². The van der Waals surface area contributed by atoms with Crippen LogP contribution in [0.4, 0.5) is 15.9 Å². The zero-order valence-corrected chi connectivity index (χ0v) is 20.3. The largest absolute Gasteiger partial charge is 0.485 e. The van der Waals surface area contributed by atoms with Crippen molar-refractivity contribution in [3.8, 4) is 17.3 Å². The second-order valence-corrected chi connectivity index (χ2v) is 8.03. The van der Waals surface area contributed by atoms with E-state index in [1.54, 1.807) is 47.4 Å². The third kappa shape index (κ3) is 5.83. The number of anilines is 2. The minimum absolute atomic E-state index is 0. The van der Waals surface area contributed by atoms with Gasteiger partial charge in [-0.15, -0.1) is 12.4 Å². The van der Waals surface area contributed by atoms with Gasteiger partial charge in [-0.25, -0.2) is 14.4 Å². The summed E-state index contributed by atoms with van der Waals surface area (Å²) < 4.78 is 21.7. The van der Waals surface area contributed by atoms with Crippen molar-refractivity contribution in [3.05, 3.63) is 90.6 Å². The topological polar surface area (TPSA) is 118 Å². The Labute approximate surface area is 218 Å². The van der Waals surface area contributed by atoms with E-state index in [9.17, 15) is 9.50 Å². The van der Waals surface area contributed by atoms with Gasteiger partial charge >= 0.3 is 0 Å². The van der Waals surface area contributed by atoms with Crippen LogP contribution in [0.1, 0.15) is 5.56 Å². The summed E-state index contributed by atoms with van der Waals surface area (Å²) in [6.45, 7) is -0.322. The van der Waals surface area contributed by atoms with Gasteiger partial charge in [0.05, 0.1) is 24.9 Å². The molecule has 0 saturated carbocycles. The molecule has 0 spiro atoms. The molecule has 11 heteroatoms. The Hall–Kier alpha value is -4.12. The van der Waals surface area contributed by atoms with Crippen LogP contribution >= 0.6 is 12.4 Å². The quantitative estimate of drug-likeness (QED) is 0.266. The highest BCUT2D eigenvalue weighted by Crippen LogP contribution is 2.31. The Morgan fingerprint density at radius 2 is 1.78 bits per heavy atom. The highest BCUT2D eigenvalue weighted by molar-refractivity contribution is 5.92. The summed E-state index contributed by atoms with van der Waals surface area (Å²) in [5.74, 6) is 0.678. The molecule has 0 aliphatic rings. The molecule has 9 nitrogen and oxygen atoms in total. The van der Waals surface area contributed by atoms with E-state index in [1.807, 2.05) is 24.3 Å². The maximum absolute atomic E-state index is 14.3. The van der Waals surface area contributed by atoms with Crippen molar-refractivity contribution in [1.82, 2.24) is 24.7 Å². The van der Waals surface area contributed by atoms with E-state index >= 15 is 0 Å². The maximum atomic E-state index is 14.3. The number of aliphatic hydroxyl groups is 2. The highest BCUT2D eigenvalue weighted by atomic mass is 35.5. The summed E-state index contributed by atoms with van der Waals surface area (Å²) in [5.41, 5.74) is 2.58. The van der Waals surface area contributed by atoms with Gasteiger partial charge in [-0.3, -0.25) is 9.67 Å². The number of hydrogen-bond acceptors (Lipinski definition) is 8. The number of nitrogens with zero attached hydrogens (tertiary/aromatic N) is 5. The fourth-order valence-corrected chi connectivity index (χ4v) is 3.69. The van der Waals surface area contributed by atoms with Gasteiger partial charge in [-0.1, -0.05) is 36.4 Å². The summed E-state index contributed by atoms with van der Waals surface area (Å²) in [5, 5.41) is 27.6. The molecule has 0 saturated heterocycles. The first-order valence-electron chi connectivity index (χ1n) is 11.3. The number of fused-ring (bicyclic) bond motifs is 1. The monoisotopic (exact) mass is 522 g/mol. The molecule has 190 valence electrons. The van der Waals surface area contributed by atoms with E-state index in [-0.39, 0.29) is 37.1 Å². The fourth-order valence-electron chi connectivity index (χ4n) is 3.69. The number of nitrogens with one attached hydrogen (secondary N) is 1. The summed E-state index contributed by atoms with van der Waals surface area (Å²) in [4.78, 5) is 13.1. The number of halogens is 2. The molecule has 3 aromatic heterocycles. The lowest BCUT2D eigenvalue weighted by atomic mass is 10.2. The Balaban J connectivity index is 0.00000320. The maximum Gasteiger partial charge on any atom is 0.183 e. The van der Waals surface area contributed by atoms with Crippen LogP contribution in [-0.2, 0) is 6.54 Å². The molecule has 0 aliphatic heterocycles. The van der Waals surface area contributed by atoms with E-state index in [0.717, 1.165) is 16.6 Å². The molecule has 0 bridgehead atoms. The van der Waals surface area contributed by atoms with Gasteiger partial charge in [0.25, 0.3) is 0 Å². The van der Waals surface area contributed by atoms with Crippen LogP contribution in [0.15, 0.2) is 79.3 Å². The van der Waals surface area contributed by atoms with Gasteiger partial charge in [-0.05, 0) is 24.3 Å². The molecule has 0 fully saturated rings. The molecule has 0 amide bonds. The van der Waals surface area contributed by atoms with Crippen LogP contribution in [-0.4, -0.2) is 54.3 Å². The third-order valence-corrected chi connectivity index (χ3v) is 5.49. The number of hydrogen-bond donors (Lipinski definition) is 3. The summed E-state index contributed by atoms with van der Waals surface area (Å²) in [7, 11) is 0. The van der Waals surface area contributed by atoms with E-state index in [0.29, 0.717) is 22.9 Å². The van der Waals surface area contributed by atoms with Crippen LogP contribution in [0.25, 0.3) is 22.4 Å². The van der Waals surface area contributed by atoms with E-state index in [2.05, 4.69) is 20.3 Å². The summed E-state index contributed by atoms with van der Waals surface area (Å²) in [6, 6.07) is 17.8. The van der Waals surface area contributed by atoms with Crippen molar-refractivity contribution in [3.63, 3.8) is 0 Å². The second kappa shape index (κ2) is 11.7. The second-order valence-electron chi connectivity index (χ2n) is 8.03. The van der Waals surface area contributed by atoms with Crippen LogP contribution in [0.3, 0.4) is 0 Å². The number of pyridine rings is 1. The Morgan fingerprint density at radius 1 is 1.03 bits per heavy atom. The number of benzene rings is 2. The number of aliphatic hydroxyl groups excluding tert-OH is 2. The first-order valence-corrected chi connectivity index (χ1v) is 11.3. The first kappa shape index (κ1) is 26.0. The van der Waals surface area contributed by atoms with E-state index in [1.165, 1.54) is 12.3 Å². The molecule has 0 unspecified atom stereocenters. The van der Waals surface area contributed by atoms with Crippen molar-refractivity contribution < 1.29 is 19.3 Å². The SMILES string of the molecule is Cl.OC[C@H](O)COc1cnc(-c2nn(Cc3ccccc3F)c3ccccc23)nc1Nc1ccncc1. The minimum atomic E-state index is -1.04. The average molecular weight is 523 g/mol. The molecular weight excluding hydrogens is 499 g/mol. The zero-order chi connectivity index (χ0) is 24.9. The van der Waals surface area contributed by atoms with Gasteiger partial charge < -0.3 is 20.3 Å². The fraction of sp³-hybridized carbons (Fsp3) is 0.154. The molecule has 1 atom stereocenters. The van der Waals surface area contributed by atoms with Gasteiger partial charge in [-0.2, -0.15) is 5.10 Å². The molecular formula is C26H24ClFN6O3. The first-order chi connectivity index (χ1) is 17.6. The molecule has 37 heavy (non-hydrogen) atoms. The lowest BCUT2D eigenvalue weighted by Gasteiger charge is -2.14. The highest BCUT2D eigenvalue weighted by Gasteiger charge is 2.18. The summed E-state index contributed by atoms with van der Waals surface area (Å²) >= 11 is 0. The normalized spacial score (nSPS) is 11.6. The van der Waals surface area contributed by atoms with Gasteiger partial charge in [0.2, 0.25) is 0 Å². The predicted molar refractivity (Wildman–Crippen MR) is 140 cm³/mol. The summed E-state index contributed by atoms with van der Waals surface area (Å²) in [6.07, 6.45) is 3.72. The lowest BCUT2D eigenvalue weighted by molar-refractivity contribution is 0.0536. The Kier molecular flexibility index (Phi) is 8.24. The zero-order valence-electron chi connectivity index (χ0n) is 19.5. The standard InChI is InChI=1S/C26H23FN6O3.ClH/c27-21-7-3-1-5-17(21)14-33-22-8-4-2-6-20(22)24(32-33)26-29-13-23(36-16-19(35)15-34)25(31-26)30-18-9-11-28-12-10-18;/h1-13,19,34-35H,14-16H2,(H,28,29,30,31);1H/t19-;/m0./s1. The van der Waals surface area contributed by atoms with Crippen molar-refractivity contribution in [1.29, 1.82) is 0 Å². The third-order valence-electron chi connectivity index (χ3n) is 5.49. The smallest absolute Gasteiger partial charge is 0.183 e. The lowest BCUT2D eigenvalue weighted by Crippen LogP contribution is -2.21. The number of ether oxygens (including phenoxy) is 1. The van der Waals surface area contributed by atoms with E-state index < -0.39 is 12.7 Å². The van der Waals surface area contributed by atoms with Crippen molar-refractivity contribution in [2.24, 2.45) is 0 Å². The van der Waals surface area contributed by atoms with Crippen LogP contribution in [0.5, 0.6) is 5.75 Å². The molecule has 2 aromatic carbocycles. The molecule has 3 N–H and O–H groups in total. The molecule has 0 radical (unpaired) electrons. The Bertz CT molecular complexity index is 1480. The van der Waals surface area contributed by atoms with Crippen molar-refractivity contribution in [2.75, 3.05) is 18.5 Å². The minimum Gasteiger partial charge on any atom is -0.485 e.